The molecule has 3 nitrogen and oxygen atoms in total. The third-order valence-electron chi connectivity index (χ3n) is 11.6. The summed E-state index contributed by atoms with van der Waals surface area (Å²) in [6.45, 7) is 16.2. The molecule has 33 heavy (non-hydrogen) atoms. The van der Waals surface area contributed by atoms with E-state index in [0.717, 1.165) is 57.8 Å². The maximum Gasteiger partial charge on any atom is 0.306 e. The van der Waals surface area contributed by atoms with E-state index < -0.39 is 5.97 Å². The molecule has 0 aromatic heterocycles. The third kappa shape index (κ3) is 3.58. The SMILES string of the molecule is CC(C)=CCC[C@H](C(=O)O)[C@@H]1CC[C@]2(C)C3=C(CC[C@]12C)[C@]1(C)CC[C@H](O)C(C)(C)[C@H]1CC3. The fourth-order valence-corrected chi connectivity index (χ4v) is 9.41. The van der Waals surface area contributed by atoms with Gasteiger partial charge in [-0.15, -0.1) is 0 Å². The molecular formula is C30H48O3. The molecule has 0 aromatic rings. The van der Waals surface area contributed by atoms with E-state index in [1.54, 1.807) is 11.1 Å². The van der Waals surface area contributed by atoms with Crippen LogP contribution in [0.4, 0.5) is 0 Å². The number of carboxylic acids is 1. The topological polar surface area (TPSA) is 57.5 Å². The van der Waals surface area contributed by atoms with Gasteiger partial charge in [-0.1, -0.05) is 57.4 Å². The minimum Gasteiger partial charge on any atom is -0.481 e. The number of carboxylic acid groups (broad SMARTS) is 1. The minimum atomic E-state index is -0.592. The second-order valence-electron chi connectivity index (χ2n) is 13.5. The van der Waals surface area contributed by atoms with E-state index in [1.165, 1.54) is 12.0 Å². The summed E-state index contributed by atoms with van der Waals surface area (Å²) in [5.41, 5.74) is 5.00. The van der Waals surface area contributed by atoms with Gasteiger partial charge in [0.05, 0.1) is 12.0 Å². The Labute approximate surface area is 202 Å². The summed E-state index contributed by atoms with van der Waals surface area (Å²) in [7, 11) is 0. The van der Waals surface area contributed by atoms with E-state index in [-0.39, 0.29) is 39.6 Å². The molecule has 3 heteroatoms. The van der Waals surface area contributed by atoms with Crippen molar-refractivity contribution in [2.75, 3.05) is 0 Å². The van der Waals surface area contributed by atoms with Gasteiger partial charge in [-0.3, -0.25) is 4.79 Å². The van der Waals surface area contributed by atoms with Crippen LogP contribution in [0.2, 0.25) is 0 Å². The Hall–Kier alpha value is -1.09. The fourth-order valence-electron chi connectivity index (χ4n) is 9.41. The Kier molecular flexibility index (Phi) is 6.25. The highest BCUT2D eigenvalue weighted by Crippen LogP contribution is 2.72. The number of carbonyl (C=O) groups is 1. The number of aliphatic carboxylic acids is 1. The second-order valence-corrected chi connectivity index (χ2v) is 13.5. The normalized spacial score (nSPS) is 42.7. The zero-order valence-corrected chi connectivity index (χ0v) is 22.3. The van der Waals surface area contributed by atoms with Crippen LogP contribution in [0.3, 0.4) is 0 Å². The fraction of sp³-hybridized carbons (Fsp3) is 0.833. The van der Waals surface area contributed by atoms with Crippen molar-refractivity contribution in [2.45, 2.75) is 119 Å². The molecule has 0 amide bonds. The molecule has 0 heterocycles. The average molecular weight is 457 g/mol. The van der Waals surface area contributed by atoms with Gasteiger partial charge >= 0.3 is 5.97 Å². The van der Waals surface area contributed by atoms with Gasteiger partial charge in [-0.2, -0.15) is 0 Å². The van der Waals surface area contributed by atoms with E-state index in [1.807, 2.05) is 0 Å². The van der Waals surface area contributed by atoms with Gasteiger partial charge in [0.2, 0.25) is 0 Å². The number of aliphatic hydroxyl groups is 1. The van der Waals surface area contributed by atoms with Crippen molar-refractivity contribution in [3.63, 3.8) is 0 Å². The Morgan fingerprint density at radius 3 is 2.33 bits per heavy atom. The van der Waals surface area contributed by atoms with E-state index >= 15 is 0 Å². The molecule has 0 bridgehead atoms. The highest BCUT2D eigenvalue weighted by Gasteiger charge is 2.64. The predicted molar refractivity (Wildman–Crippen MR) is 135 cm³/mol. The molecule has 2 N–H and O–H groups in total. The Balaban J connectivity index is 1.69. The number of fused-ring (bicyclic) bond motifs is 4. The number of hydrogen-bond acceptors (Lipinski definition) is 2. The van der Waals surface area contributed by atoms with Gasteiger partial charge in [0.15, 0.2) is 0 Å². The highest BCUT2D eigenvalue weighted by atomic mass is 16.4. The van der Waals surface area contributed by atoms with Gasteiger partial charge in [-0.05, 0) is 112 Å². The van der Waals surface area contributed by atoms with E-state index in [0.29, 0.717) is 5.92 Å². The molecule has 0 unspecified atom stereocenters. The zero-order valence-electron chi connectivity index (χ0n) is 22.3. The van der Waals surface area contributed by atoms with Crippen LogP contribution in [0.1, 0.15) is 113 Å². The Bertz CT molecular complexity index is 862. The summed E-state index contributed by atoms with van der Waals surface area (Å²) in [5.74, 6) is -0.0420. The summed E-state index contributed by atoms with van der Waals surface area (Å²) in [4.78, 5) is 12.5. The standard InChI is InChI=1S/C30H48O3/c1-19(2)9-8-10-20(26(32)33)21-13-17-30(7)23-11-12-24-27(3,4)25(31)15-16-28(24,5)22(23)14-18-29(21,30)6/h9,20-21,24-25,31H,8,10-18H2,1-7H3,(H,32,33)/t20-,21-,24+,25-,28-,29+,30+/m0/s1. The quantitative estimate of drug-likeness (QED) is 0.420. The molecule has 2 saturated carbocycles. The molecule has 186 valence electrons. The van der Waals surface area contributed by atoms with E-state index in [2.05, 4.69) is 54.5 Å². The van der Waals surface area contributed by atoms with Crippen LogP contribution in [0.15, 0.2) is 22.8 Å². The molecular weight excluding hydrogens is 408 g/mol. The van der Waals surface area contributed by atoms with Crippen LogP contribution in [0, 0.1) is 39.4 Å². The van der Waals surface area contributed by atoms with Crippen LogP contribution >= 0.6 is 0 Å². The minimum absolute atomic E-state index is 0.0370. The van der Waals surface area contributed by atoms with Crippen LogP contribution in [0.25, 0.3) is 0 Å². The molecule has 7 atom stereocenters. The predicted octanol–water partition coefficient (Wildman–Crippen LogP) is 7.54. The maximum absolute atomic E-state index is 12.5. The third-order valence-corrected chi connectivity index (χ3v) is 11.6. The van der Waals surface area contributed by atoms with Crippen LogP contribution < -0.4 is 0 Å². The monoisotopic (exact) mass is 456 g/mol. The largest absolute Gasteiger partial charge is 0.481 e. The number of aliphatic hydroxyl groups excluding tert-OH is 1. The first-order valence-corrected chi connectivity index (χ1v) is 13.6. The molecule has 0 spiro atoms. The van der Waals surface area contributed by atoms with Gasteiger partial charge in [0.25, 0.3) is 0 Å². The first-order chi connectivity index (χ1) is 15.3. The van der Waals surface area contributed by atoms with Gasteiger partial charge in [0, 0.05) is 0 Å². The van der Waals surface area contributed by atoms with Crippen LogP contribution in [-0.2, 0) is 4.79 Å². The molecule has 0 radical (unpaired) electrons. The first kappa shape index (κ1) is 25.0. The zero-order chi connectivity index (χ0) is 24.4. The van der Waals surface area contributed by atoms with Crippen molar-refractivity contribution in [2.24, 2.45) is 39.4 Å². The lowest BCUT2D eigenvalue weighted by atomic mass is 9.43. The van der Waals surface area contributed by atoms with Gasteiger partial charge < -0.3 is 10.2 Å². The summed E-state index contributed by atoms with van der Waals surface area (Å²) in [6, 6.07) is 0. The Morgan fingerprint density at radius 1 is 1.00 bits per heavy atom. The van der Waals surface area contributed by atoms with E-state index in [4.69, 9.17) is 0 Å². The summed E-state index contributed by atoms with van der Waals surface area (Å²) in [6.07, 6.45) is 12.3. The summed E-state index contributed by atoms with van der Waals surface area (Å²) < 4.78 is 0. The first-order valence-electron chi connectivity index (χ1n) is 13.6. The van der Waals surface area contributed by atoms with Crippen molar-refractivity contribution in [3.05, 3.63) is 22.8 Å². The van der Waals surface area contributed by atoms with Crippen molar-refractivity contribution in [1.82, 2.24) is 0 Å². The van der Waals surface area contributed by atoms with Crippen molar-refractivity contribution in [3.8, 4) is 0 Å². The molecule has 0 saturated heterocycles. The van der Waals surface area contributed by atoms with Crippen molar-refractivity contribution >= 4 is 5.97 Å². The summed E-state index contributed by atoms with van der Waals surface area (Å²) in [5, 5.41) is 21.0. The van der Waals surface area contributed by atoms with Crippen LogP contribution in [-0.4, -0.2) is 22.3 Å². The molecule has 2 fully saturated rings. The molecule has 4 aliphatic rings. The number of rotatable bonds is 5. The molecule has 4 aliphatic carbocycles. The molecule has 0 aliphatic heterocycles. The second kappa shape index (κ2) is 8.25. The summed E-state index contributed by atoms with van der Waals surface area (Å²) >= 11 is 0. The lowest BCUT2D eigenvalue weighted by Gasteiger charge is -2.62. The maximum atomic E-state index is 12.5. The van der Waals surface area contributed by atoms with E-state index in [9.17, 15) is 15.0 Å². The van der Waals surface area contributed by atoms with Crippen molar-refractivity contribution in [1.29, 1.82) is 0 Å². The van der Waals surface area contributed by atoms with Gasteiger partial charge in [-0.25, -0.2) is 0 Å². The number of allylic oxidation sites excluding steroid dienone is 4. The molecule has 0 aromatic carbocycles. The smallest absolute Gasteiger partial charge is 0.306 e. The number of hydrogen-bond donors (Lipinski definition) is 2. The van der Waals surface area contributed by atoms with Gasteiger partial charge in [0.1, 0.15) is 0 Å². The van der Waals surface area contributed by atoms with Crippen LogP contribution in [0.5, 0.6) is 0 Å². The molecule has 4 rings (SSSR count). The van der Waals surface area contributed by atoms with Crippen molar-refractivity contribution < 1.29 is 15.0 Å². The highest BCUT2D eigenvalue weighted by molar-refractivity contribution is 5.70. The average Bonchev–Trinajstić information content (AvgIpc) is 3.00. The lowest BCUT2D eigenvalue weighted by Crippen LogP contribution is -2.55. The Morgan fingerprint density at radius 2 is 1.70 bits per heavy atom. The lowest BCUT2D eigenvalue weighted by molar-refractivity contribution is -0.146.